The van der Waals surface area contributed by atoms with Gasteiger partial charge in [0.05, 0.1) is 5.71 Å². The van der Waals surface area contributed by atoms with E-state index in [1.54, 1.807) is 0 Å². The van der Waals surface area contributed by atoms with Gasteiger partial charge in [-0.2, -0.15) is 0 Å². The van der Waals surface area contributed by atoms with Crippen molar-refractivity contribution in [3.63, 3.8) is 0 Å². The van der Waals surface area contributed by atoms with Crippen molar-refractivity contribution in [2.24, 2.45) is 10.6 Å². The van der Waals surface area contributed by atoms with Crippen LogP contribution in [0.4, 0.5) is 0 Å². The van der Waals surface area contributed by atoms with Crippen molar-refractivity contribution < 1.29 is 9.62 Å². The van der Waals surface area contributed by atoms with E-state index in [9.17, 15) is 0 Å². The van der Waals surface area contributed by atoms with Crippen molar-refractivity contribution in [2.75, 3.05) is 0 Å². The third kappa shape index (κ3) is 1.43. The third-order valence-electron chi connectivity index (χ3n) is 2.65. The highest BCUT2D eigenvalue weighted by Gasteiger charge is 2.32. The van der Waals surface area contributed by atoms with Crippen molar-refractivity contribution in [1.29, 1.82) is 0 Å². The Bertz CT molecular complexity index is 388. The Hall–Kier alpha value is -1.25. The van der Waals surface area contributed by atoms with Crippen LogP contribution in [0.5, 0.6) is 0 Å². The minimum atomic E-state index is 0.124. The summed E-state index contributed by atoms with van der Waals surface area (Å²) in [5.74, 6) is 1.83. The SMILES string of the molecule is Cc1cc2c(o1)CC(C)(C)C/C2=N/O. The number of rotatable bonds is 0. The number of furan rings is 1. The molecule has 0 aliphatic heterocycles. The molecule has 1 aliphatic rings. The highest BCUT2D eigenvalue weighted by molar-refractivity contribution is 6.02. The molecule has 3 heteroatoms. The summed E-state index contributed by atoms with van der Waals surface area (Å²) in [6.07, 6.45) is 1.71. The van der Waals surface area contributed by atoms with Crippen LogP contribution in [0, 0.1) is 12.3 Å². The second-order valence-electron chi connectivity index (χ2n) is 4.76. The second-order valence-corrected chi connectivity index (χ2v) is 4.76. The fourth-order valence-corrected chi connectivity index (χ4v) is 2.07. The molecule has 1 aromatic rings. The van der Waals surface area contributed by atoms with E-state index in [0.29, 0.717) is 0 Å². The summed E-state index contributed by atoms with van der Waals surface area (Å²) in [5, 5.41) is 12.3. The lowest BCUT2D eigenvalue weighted by Gasteiger charge is -2.28. The minimum Gasteiger partial charge on any atom is -0.466 e. The van der Waals surface area contributed by atoms with Crippen LogP contribution < -0.4 is 0 Å². The smallest absolute Gasteiger partial charge is 0.113 e. The highest BCUT2D eigenvalue weighted by atomic mass is 16.4. The Labute approximate surface area is 83.4 Å². The molecule has 3 nitrogen and oxygen atoms in total. The van der Waals surface area contributed by atoms with Gasteiger partial charge in [0, 0.05) is 12.0 Å². The van der Waals surface area contributed by atoms with Crippen LogP contribution in [0.25, 0.3) is 0 Å². The van der Waals surface area contributed by atoms with E-state index in [1.807, 2.05) is 13.0 Å². The van der Waals surface area contributed by atoms with Crippen LogP contribution >= 0.6 is 0 Å². The Morgan fingerprint density at radius 2 is 2.14 bits per heavy atom. The average Bonchev–Trinajstić information content (AvgIpc) is 2.41. The van der Waals surface area contributed by atoms with Crippen molar-refractivity contribution in [3.05, 3.63) is 23.2 Å². The first-order chi connectivity index (χ1) is 6.52. The molecule has 2 rings (SSSR count). The lowest BCUT2D eigenvalue weighted by molar-refractivity contribution is 0.297. The van der Waals surface area contributed by atoms with E-state index in [1.165, 1.54) is 0 Å². The van der Waals surface area contributed by atoms with E-state index in [-0.39, 0.29) is 5.41 Å². The molecular weight excluding hydrogens is 178 g/mol. The molecule has 0 amide bonds. The zero-order valence-electron chi connectivity index (χ0n) is 8.79. The standard InChI is InChI=1S/C11H15NO2/c1-7-4-8-9(12-13)5-11(2,3)6-10(8)14-7/h4,13H,5-6H2,1-3H3/b12-9-. The topological polar surface area (TPSA) is 45.7 Å². The van der Waals surface area contributed by atoms with Gasteiger partial charge in [-0.25, -0.2) is 0 Å². The Kier molecular flexibility index (Phi) is 1.91. The van der Waals surface area contributed by atoms with E-state index < -0.39 is 0 Å². The zero-order chi connectivity index (χ0) is 10.3. The van der Waals surface area contributed by atoms with Gasteiger partial charge in [0.25, 0.3) is 0 Å². The third-order valence-corrected chi connectivity index (χ3v) is 2.65. The maximum absolute atomic E-state index is 8.93. The summed E-state index contributed by atoms with van der Waals surface area (Å²) in [5.41, 5.74) is 1.84. The molecule has 14 heavy (non-hydrogen) atoms. The van der Waals surface area contributed by atoms with Crippen LogP contribution in [0.3, 0.4) is 0 Å². The number of hydrogen-bond donors (Lipinski definition) is 1. The van der Waals surface area contributed by atoms with Gasteiger partial charge >= 0.3 is 0 Å². The Morgan fingerprint density at radius 1 is 1.43 bits per heavy atom. The number of fused-ring (bicyclic) bond motifs is 1. The maximum atomic E-state index is 8.93. The van der Waals surface area contributed by atoms with Gasteiger partial charge in [0.15, 0.2) is 0 Å². The monoisotopic (exact) mass is 193 g/mol. The van der Waals surface area contributed by atoms with Crippen LogP contribution in [-0.4, -0.2) is 10.9 Å². The molecule has 0 spiro atoms. The summed E-state index contributed by atoms with van der Waals surface area (Å²) in [6, 6.07) is 1.94. The lowest BCUT2D eigenvalue weighted by Crippen LogP contribution is -2.26. The molecule has 0 bridgehead atoms. The Balaban J connectivity index is 2.51. The van der Waals surface area contributed by atoms with E-state index in [2.05, 4.69) is 19.0 Å². The van der Waals surface area contributed by atoms with Gasteiger partial charge in [-0.15, -0.1) is 0 Å². The molecule has 0 saturated carbocycles. The Morgan fingerprint density at radius 3 is 2.79 bits per heavy atom. The van der Waals surface area contributed by atoms with Gasteiger partial charge in [-0.05, 0) is 24.8 Å². The number of nitrogens with zero attached hydrogens (tertiary/aromatic N) is 1. The lowest BCUT2D eigenvalue weighted by atomic mass is 9.76. The van der Waals surface area contributed by atoms with Gasteiger partial charge in [-0.1, -0.05) is 19.0 Å². The molecule has 1 N–H and O–H groups in total. The van der Waals surface area contributed by atoms with Crippen LogP contribution in [0.15, 0.2) is 15.6 Å². The first-order valence-electron chi connectivity index (χ1n) is 4.82. The number of aryl methyl sites for hydroxylation is 1. The molecule has 0 radical (unpaired) electrons. The molecule has 76 valence electrons. The van der Waals surface area contributed by atoms with Gasteiger partial charge in [0.1, 0.15) is 11.5 Å². The van der Waals surface area contributed by atoms with Crippen LogP contribution in [0.2, 0.25) is 0 Å². The predicted molar refractivity (Wildman–Crippen MR) is 53.9 cm³/mol. The first kappa shape index (κ1) is 9.31. The van der Waals surface area contributed by atoms with E-state index >= 15 is 0 Å². The minimum absolute atomic E-state index is 0.124. The summed E-state index contributed by atoms with van der Waals surface area (Å²) >= 11 is 0. The fourth-order valence-electron chi connectivity index (χ4n) is 2.07. The molecule has 1 aliphatic carbocycles. The maximum Gasteiger partial charge on any atom is 0.113 e. The molecule has 0 aromatic carbocycles. The number of oxime groups is 1. The quantitative estimate of drug-likeness (QED) is 0.508. The average molecular weight is 193 g/mol. The van der Waals surface area contributed by atoms with Crippen molar-refractivity contribution in [1.82, 2.24) is 0 Å². The van der Waals surface area contributed by atoms with Gasteiger partial charge in [-0.3, -0.25) is 0 Å². The molecule has 0 fully saturated rings. The molecule has 0 unspecified atom stereocenters. The van der Waals surface area contributed by atoms with Crippen molar-refractivity contribution in [2.45, 2.75) is 33.6 Å². The normalized spacial score (nSPS) is 22.4. The molecule has 0 saturated heterocycles. The number of hydrogen-bond acceptors (Lipinski definition) is 3. The highest BCUT2D eigenvalue weighted by Crippen LogP contribution is 2.36. The largest absolute Gasteiger partial charge is 0.466 e. The summed E-state index contributed by atoms with van der Waals surface area (Å²) in [7, 11) is 0. The van der Waals surface area contributed by atoms with E-state index in [0.717, 1.165) is 35.6 Å². The zero-order valence-corrected chi connectivity index (χ0v) is 8.79. The van der Waals surface area contributed by atoms with Crippen molar-refractivity contribution >= 4 is 5.71 Å². The summed E-state index contributed by atoms with van der Waals surface area (Å²) in [4.78, 5) is 0. The van der Waals surface area contributed by atoms with Gasteiger partial charge < -0.3 is 9.62 Å². The first-order valence-corrected chi connectivity index (χ1v) is 4.82. The van der Waals surface area contributed by atoms with Gasteiger partial charge in [0.2, 0.25) is 0 Å². The van der Waals surface area contributed by atoms with E-state index in [4.69, 9.17) is 9.62 Å². The molecular formula is C11H15NO2. The molecule has 1 heterocycles. The molecule has 1 aromatic heterocycles. The van der Waals surface area contributed by atoms with Crippen LogP contribution in [-0.2, 0) is 6.42 Å². The summed E-state index contributed by atoms with van der Waals surface area (Å²) in [6.45, 7) is 6.22. The second kappa shape index (κ2) is 2.87. The fraction of sp³-hybridized carbons (Fsp3) is 0.545. The summed E-state index contributed by atoms with van der Waals surface area (Å²) < 4.78 is 5.58. The molecule has 0 atom stereocenters. The van der Waals surface area contributed by atoms with Crippen LogP contribution in [0.1, 0.15) is 37.4 Å². The van der Waals surface area contributed by atoms with Crippen molar-refractivity contribution in [3.8, 4) is 0 Å². The predicted octanol–water partition coefficient (Wildman–Crippen LogP) is 2.74.